The van der Waals surface area contributed by atoms with Crippen LogP contribution in [0.4, 0.5) is 16.3 Å². The summed E-state index contributed by atoms with van der Waals surface area (Å²) < 4.78 is 0. The Hall–Kier alpha value is -2.76. The number of rotatable bonds is 5. The molecule has 0 aliphatic carbocycles. The maximum atomic E-state index is 12.2. The number of carbonyl (C=O) groups is 1. The highest BCUT2D eigenvalue weighted by molar-refractivity contribution is 5.74. The van der Waals surface area contributed by atoms with Crippen LogP contribution in [0.15, 0.2) is 48.7 Å². The maximum Gasteiger partial charge on any atom is 0.315 e. The summed E-state index contributed by atoms with van der Waals surface area (Å²) in [6.45, 7) is 2.26. The van der Waals surface area contributed by atoms with E-state index in [1.54, 1.807) is 6.20 Å². The molecule has 1 aromatic heterocycles. The number of carbonyl (C=O) groups excluding carboxylic acids is 1. The molecule has 2 amide bonds. The first-order chi connectivity index (χ1) is 12.1. The van der Waals surface area contributed by atoms with Gasteiger partial charge in [-0.2, -0.15) is 0 Å². The third-order valence-electron chi connectivity index (χ3n) is 4.38. The van der Waals surface area contributed by atoms with Gasteiger partial charge in [0.25, 0.3) is 0 Å². The molecule has 0 radical (unpaired) electrons. The number of nitrogens with zero attached hydrogens (tertiary/aromatic N) is 3. The van der Waals surface area contributed by atoms with E-state index in [2.05, 4.69) is 32.7 Å². The molecule has 1 aliphatic heterocycles. The van der Waals surface area contributed by atoms with Crippen molar-refractivity contribution in [1.29, 1.82) is 0 Å². The molecule has 25 heavy (non-hydrogen) atoms. The second kappa shape index (κ2) is 7.88. The van der Waals surface area contributed by atoms with Gasteiger partial charge in [-0.05, 0) is 24.6 Å². The van der Waals surface area contributed by atoms with Crippen molar-refractivity contribution in [1.82, 2.24) is 15.6 Å². The lowest BCUT2D eigenvalue weighted by Crippen LogP contribution is -2.43. The highest BCUT2D eigenvalue weighted by Crippen LogP contribution is 2.19. The minimum Gasteiger partial charge on any atom is -0.369 e. The number of amides is 2. The number of hydrogen-bond donors (Lipinski definition) is 2. The summed E-state index contributed by atoms with van der Waals surface area (Å²) >= 11 is 0. The average molecular weight is 339 g/mol. The quantitative estimate of drug-likeness (QED) is 0.877. The second-order valence-electron chi connectivity index (χ2n) is 6.47. The van der Waals surface area contributed by atoms with Gasteiger partial charge in [0.05, 0.1) is 0 Å². The Bertz CT molecular complexity index is 704. The predicted molar refractivity (Wildman–Crippen MR) is 101 cm³/mol. The Balaban J connectivity index is 1.49. The van der Waals surface area contributed by atoms with Gasteiger partial charge in [-0.15, -0.1) is 0 Å². The van der Waals surface area contributed by atoms with Gasteiger partial charge >= 0.3 is 6.03 Å². The largest absolute Gasteiger partial charge is 0.369 e. The first-order valence-corrected chi connectivity index (χ1v) is 8.59. The Morgan fingerprint density at radius 1 is 1.24 bits per heavy atom. The van der Waals surface area contributed by atoms with E-state index in [4.69, 9.17) is 0 Å². The number of benzene rings is 1. The van der Waals surface area contributed by atoms with E-state index >= 15 is 0 Å². The SMILES string of the molecule is CN(C)c1ncccc1CNC(=O)NC1CCN(c2ccccc2)C1. The van der Waals surface area contributed by atoms with E-state index in [-0.39, 0.29) is 12.1 Å². The molecule has 3 rings (SSSR count). The first-order valence-electron chi connectivity index (χ1n) is 8.59. The molecule has 1 unspecified atom stereocenters. The van der Waals surface area contributed by atoms with Crippen LogP contribution in [0.1, 0.15) is 12.0 Å². The first kappa shape index (κ1) is 17.1. The number of aromatic nitrogens is 1. The maximum absolute atomic E-state index is 12.2. The minimum absolute atomic E-state index is 0.131. The Morgan fingerprint density at radius 3 is 2.80 bits per heavy atom. The van der Waals surface area contributed by atoms with Gasteiger partial charge in [-0.25, -0.2) is 9.78 Å². The topological polar surface area (TPSA) is 60.5 Å². The fourth-order valence-electron chi connectivity index (χ4n) is 3.13. The third kappa shape index (κ3) is 4.41. The van der Waals surface area contributed by atoms with Crippen LogP contribution in [0, 0.1) is 0 Å². The molecule has 1 aliphatic rings. The number of pyridine rings is 1. The van der Waals surface area contributed by atoms with Crippen LogP contribution in [0.5, 0.6) is 0 Å². The molecule has 1 saturated heterocycles. The van der Waals surface area contributed by atoms with Crippen molar-refractivity contribution < 1.29 is 4.79 Å². The molecule has 2 N–H and O–H groups in total. The smallest absolute Gasteiger partial charge is 0.315 e. The molecule has 2 heterocycles. The van der Waals surface area contributed by atoms with Crippen LogP contribution in [-0.4, -0.2) is 44.2 Å². The molecular formula is C19H25N5O. The number of para-hydroxylation sites is 1. The van der Waals surface area contributed by atoms with Crippen molar-refractivity contribution in [3.05, 3.63) is 54.2 Å². The molecule has 6 heteroatoms. The van der Waals surface area contributed by atoms with Crippen LogP contribution in [0.25, 0.3) is 0 Å². The van der Waals surface area contributed by atoms with E-state index in [0.717, 1.165) is 30.9 Å². The van der Waals surface area contributed by atoms with E-state index in [0.29, 0.717) is 6.54 Å². The van der Waals surface area contributed by atoms with Crippen molar-refractivity contribution in [3.63, 3.8) is 0 Å². The lowest BCUT2D eigenvalue weighted by molar-refractivity contribution is 0.237. The van der Waals surface area contributed by atoms with Crippen molar-refractivity contribution in [2.24, 2.45) is 0 Å². The minimum atomic E-state index is -0.131. The van der Waals surface area contributed by atoms with E-state index in [1.807, 2.05) is 49.3 Å². The second-order valence-corrected chi connectivity index (χ2v) is 6.47. The summed E-state index contributed by atoms with van der Waals surface area (Å²) in [6.07, 6.45) is 2.72. The standard InChI is InChI=1S/C19H25N5O/c1-23(2)18-15(7-6-11-20-18)13-21-19(25)22-16-10-12-24(14-16)17-8-4-3-5-9-17/h3-9,11,16H,10,12-14H2,1-2H3,(H2,21,22,25). The van der Waals surface area contributed by atoms with Gasteiger partial charge in [0.2, 0.25) is 0 Å². The Morgan fingerprint density at radius 2 is 2.04 bits per heavy atom. The Kier molecular flexibility index (Phi) is 5.38. The molecule has 132 valence electrons. The third-order valence-corrected chi connectivity index (χ3v) is 4.38. The summed E-state index contributed by atoms with van der Waals surface area (Å²) in [6, 6.07) is 14.2. The van der Waals surface area contributed by atoms with E-state index in [1.165, 1.54) is 5.69 Å². The monoisotopic (exact) mass is 339 g/mol. The van der Waals surface area contributed by atoms with Gasteiger partial charge in [-0.1, -0.05) is 24.3 Å². The van der Waals surface area contributed by atoms with Crippen molar-refractivity contribution in [2.75, 3.05) is 37.0 Å². The van der Waals surface area contributed by atoms with Crippen LogP contribution in [-0.2, 0) is 6.54 Å². The zero-order chi connectivity index (χ0) is 17.6. The summed E-state index contributed by atoms with van der Waals surface area (Å²) in [4.78, 5) is 20.8. The van der Waals surface area contributed by atoms with Crippen LogP contribution < -0.4 is 20.4 Å². The van der Waals surface area contributed by atoms with E-state index < -0.39 is 0 Å². The fourth-order valence-corrected chi connectivity index (χ4v) is 3.13. The van der Waals surface area contributed by atoms with Gasteiger partial charge in [0.1, 0.15) is 5.82 Å². The zero-order valence-electron chi connectivity index (χ0n) is 14.8. The van der Waals surface area contributed by atoms with Crippen LogP contribution >= 0.6 is 0 Å². The molecule has 0 spiro atoms. The summed E-state index contributed by atoms with van der Waals surface area (Å²) in [5.41, 5.74) is 2.21. The molecule has 0 saturated carbocycles. The predicted octanol–water partition coefficient (Wildman–Crippen LogP) is 2.23. The van der Waals surface area contributed by atoms with Crippen LogP contribution in [0.2, 0.25) is 0 Å². The number of urea groups is 1. The summed E-state index contributed by atoms with van der Waals surface area (Å²) in [7, 11) is 3.89. The average Bonchev–Trinajstić information content (AvgIpc) is 3.09. The molecule has 6 nitrogen and oxygen atoms in total. The van der Waals surface area contributed by atoms with E-state index in [9.17, 15) is 4.79 Å². The number of hydrogen-bond acceptors (Lipinski definition) is 4. The summed E-state index contributed by atoms with van der Waals surface area (Å²) in [5.74, 6) is 0.874. The fraction of sp³-hybridized carbons (Fsp3) is 0.368. The van der Waals surface area contributed by atoms with Gasteiger partial charge in [0.15, 0.2) is 0 Å². The molecule has 1 atom stereocenters. The van der Waals surface area contributed by atoms with Gasteiger partial charge in [-0.3, -0.25) is 0 Å². The lowest BCUT2D eigenvalue weighted by Gasteiger charge is -2.19. The molecular weight excluding hydrogens is 314 g/mol. The molecule has 1 aromatic carbocycles. The lowest BCUT2D eigenvalue weighted by atomic mass is 10.2. The highest BCUT2D eigenvalue weighted by Gasteiger charge is 2.23. The number of anilines is 2. The van der Waals surface area contributed by atoms with Gasteiger partial charge in [0, 0.05) is 57.2 Å². The Labute approximate surface area is 148 Å². The highest BCUT2D eigenvalue weighted by atomic mass is 16.2. The summed E-state index contributed by atoms with van der Waals surface area (Å²) in [5, 5.41) is 6.01. The zero-order valence-corrected chi connectivity index (χ0v) is 14.8. The van der Waals surface area contributed by atoms with Crippen molar-refractivity contribution >= 4 is 17.5 Å². The van der Waals surface area contributed by atoms with Gasteiger partial charge < -0.3 is 20.4 Å². The number of nitrogens with one attached hydrogen (secondary N) is 2. The van der Waals surface area contributed by atoms with Crippen molar-refractivity contribution in [3.8, 4) is 0 Å². The molecule has 0 bridgehead atoms. The normalized spacial score (nSPS) is 16.6. The molecule has 1 fully saturated rings. The van der Waals surface area contributed by atoms with Crippen molar-refractivity contribution in [2.45, 2.75) is 19.0 Å². The van der Waals surface area contributed by atoms with Crippen LogP contribution in [0.3, 0.4) is 0 Å². The molecule has 2 aromatic rings.